The van der Waals surface area contributed by atoms with Crippen LogP contribution in [-0.2, 0) is 17.6 Å². The van der Waals surface area contributed by atoms with Gasteiger partial charge in [-0.05, 0) is 103 Å². The van der Waals surface area contributed by atoms with Crippen LogP contribution in [0.4, 0.5) is 11.6 Å². The lowest BCUT2D eigenvalue weighted by molar-refractivity contribution is 0.0881. The summed E-state index contributed by atoms with van der Waals surface area (Å²) in [5.41, 5.74) is 16.8. The van der Waals surface area contributed by atoms with Crippen LogP contribution in [0.1, 0.15) is 55.2 Å². The summed E-state index contributed by atoms with van der Waals surface area (Å²) in [5.74, 6) is 2.54. The highest BCUT2D eigenvalue weighted by atomic mass is 35.5. The van der Waals surface area contributed by atoms with Gasteiger partial charge in [0.15, 0.2) is 22.9 Å². The predicted octanol–water partition coefficient (Wildman–Crippen LogP) is 12.4. The van der Waals surface area contributed by atoms with Gasteiger partial charge in [-0.25, -0.2) is 19.9 Å². The van der Waals surface area contributed by atoms with E-state index in [1.165, 1.54) is 17.5 Å². The standard InChI is InChI=1S/C51H45Cl4N9OS2/c1-28-31-6-3-2-5-30(31)24-50(28)15-19-61(20-16-50)46-33-25-58-49-39(12-14-41(59-46)64(33)49)67-37-10-9-29(42(53)44(37)55)23-35-45(56)51(27-65-35)17-21-62(22-18-51)47-34-26-57-48-38(11-13-40(60-47)63(34)48)66-36-8-4-7-32(52)43(36)54/h2-14,25-26,28,35,45H,15-24,27,56H2,1H3/t28?,35-,45+/m0/s1. The van der Waals surface area contributed by atoms with Gasteiger partial charge in [0.2, 0.25) is 0 Å². The molecule has 2 N–H and O–H groups in total. The molecule has 10 nitrogen and oxygen atoms in total. The summed E-state index contributed by atoms with van der Waals surface area (Å²) >= 11 is 30.2. The van der Waals surface area contributed by atoms with Crippen molar-refractivity contribution >= 4 is 115 Å². The first-order valence-corrected chi connectivity index (χ1v) is 26.1. The maximum absolute atomic E-state index is 7.14. The van der Waals surface area contributed by atoms with Crippen LogP contribution in [0, 0.1) is 10.8 Å². The molecule has 3 aromatic carbocycles. The SMILES string of the molecule is CC1c2ccccc2CC12CCN(c1nc3ccc(Sc4ccc(C[C@@H]5OCC6(CCN(c7nc8ccc(Sc9cccc(Cl)c9Cl)c9ncc7n89)CC6)[C@@H]5N)c(Cl)c4Cl)c4ncc1n34)CC2. The van der Waals surface area contributed by atoms with E-state index in [1.54, 1.807) is 29.6 Å². The van der Waals surface area contributed by atoms with E-state index in [2.05, 4.69) is 80.1 Å². The van der Waals surface area contributed by atoms with E-state index >= 15 is 0 Å². The molecule has 1 aliphatic carbocycles. The third kappa shape index (κ3) is 6.75. The van der Waals surface area contributed by atoms with Crippen LogP contribution in [0.15, 0.2) is 111 Å². The summed E-state index contributed by atoms with van der Waals surface area (Å²) in [6.45, 7) is 6.65. The number of aromatic nitrogens is 6. The largest absolute Gasteiger partial charge is 0.376 e. The molecular weight excluding hydrogens is 961 g/mol. The number of benzene rings is 3. The molecule has 340 valence electrons. The lowest BCUT2D eigenvalue weighted by atomic mass is 9.70. The molecule has 6 aromatic heterocycles. The van der Waals surface area contributed by atoms with Crippen LogP contribution in [0.25, 0.3) is 33.6 Å². The topological polar surface area (TPSA) is 102 Å². The van der Waals surface area contributed by atoms with Gasteiger partial charge in [-0.15, -0.1) is 0 Å². The van der Waals surface area contributed by atoms with E-state index in [1.807, 2.05) is 30.6 Å². The number of anilines is 2. The quantitative estimate of drug-likeness (QED) is 0.158. The minimum absolute atomic E-state index is 0.142. The van der Waals surface area contributed by atoms with Crippen molar-refractivity contribution in [1.82, 2.24) is 28.7 Å². The van der Waals surface area contributed by atoms with Crippen LogP contribution in [0.3, 0.4) is 0 Å². The second-order valence-electron chi connectivity index (χ2n) is 19.1. The summed E-state index contributed by atoms with van der Waals surface area (Å²) in [4.78, 5) is 28.6. The number of piperidine rings is 2. The molecule has 1 unspecified atom stereocenters. The van der Waals surface area contributed by atoms with Crippen LogP contribution in [0.5, 0.6) is 0 Å². The lowest BCUT2D eigenvalue weighted by Gasteiger charge is -2.42. The number of fused-ring (bicyclic) bond motifs is 1. The maximum atomic E-state index is 7.14. The fourth-order valence-electron chi connectivity index (χ4n) is 11.8. The Balaban J connectivity index is 0.669. The highest BCUT2D eigenvalue weighted by molar-refractivity contribution is 8.00. The molecule has 0 amide bonds. The Hall–Kier alpha value is -4.24. The number of nitrogens with two attached hydrogens (primary N) is 1. The highest BCUT2D eigenvalue weighted by Gasteiger charge is 2.50. The molecule has 13 rings (SSSR count). The second-order valence-corrected chi connectivity index (χ2v) is 22.8. The number of nitrogens with zero attached hydrogens (tertiary/aromatic N) is 8. The summed E-state index contributed by atoms with van der Waals surface area (Å²) < 4.78 is 10.8. The zero-order chi connectivity index (χ0) is 45.3. The number of pyridine rings is 2. The molecule has 67 heavy (non-hydrogen) atoms. The first kappa shape index (κ1) is 42.8. The fraction of sp³-hybridized carbons (Fsp3) is 0.333. The molecule has 3 aliphatic heterocycles. The Bertz CT molecular complexity index is 3380. The zero-order valence-corrected chi connectivity index (χ0v) is 41.2. The normalized spacial score (nSPS) is 21.4. The van der Waals surface area contributed by atoms with E-state index in [4.69, 9.17) is 76.8 Å². The number of imidazole rings is 4. The smallest absolute Gasteiger partial charge is 0.157 e. The molecule has 3 fully saturated rings. The van der Waals surface area contributed by atoms with Gasteiger partial charge in [-0.1, -0.05) is 113 Å². The fourth-order valence-corrected chi connectivity index (χ4v) is 14.8. The average molecular weight is 1010 g/mol. The van der Waals surface area contributed by atoms with Gasteiger partial charge in [0.05, 0.1) is 55.0 Å². The minimum atomic E-state index is -0.181. The Morgan fingerprint density at radius 1 is 0.657 bits per heavy atom. The molecule has 3 saturated heterocycles. The third-order valence-corrected chi connectivity index (χ3v) is 19.9. The second kappa shape index (κ2) is 16.2. The van der Waals surface area contributed by atoms with Crippen LogP contribution < -0.4 is 15.5 Å². The molecule has 4 aliphatic rings. The molecule has 9 aromatic rings. The number of halogens is 4. The van der Waals surface area contributed by atoms with Gasteiger partial charge in [0.25, 0.3) is 0 Å². The summed E-state index contributed by atoms with van der Waals surface area (Å²) in [7, 11) is 0. The van der Waals surface area contributed by atoms with Gasteiger partial charge in [-0.3, -0.25) is 8.80 Å². The van der Waals surface area contributed by atoms with E-state index in [0.717, 1.165) is 122 Å². The number of rotatable bonds is 8. The van der Waals surface area contributed by atoms with Gasteiger partial charge in [-0.2, -0.15) is 0 Å². The Morgan fingerprint density at radius 2 is 1.24 bits per heavy atom. The Labute approximate surface area is 416 Å². The van der Waals surface area contributed by atoms with Crippen molar-refractivity contribution < 1.29 is 4.74 Å². The molecule has 16 heteroatoms. The first-order chi connectivity index (χ1) is 32.6. The van der Waals surface area contributed by atoms with E-state index < -0.39 is 0 Å². The van der Waals surface area contributed by atoms with Crippen molar-refractivity contribution in [3.05, 3.63) is 128 Å². The molecular formula is C51H45Cl4N9OS2. The van der Waals surface area contributed by atoms with Crippen molar-refractivity contribution in [2.75, 3.05) is 42.6 Å². The monoisotopic (exact) mass is 1000 g/mol. The summed E-state index contributed by atoms with van der Waals surface area (Å²) in [6.07, 6.45) is 9.57. The van der Waals surface area contributed by atoms with Crippen molar-refractivity contribution in [3.63, 3.8) is 0 Å². The third-order valence-electron chi connectivity index (χ3n) is 15.8. The van der Waals surface area contributed by atoms with Gasteiger partial charge < -0.3 is 20.3 Å². The Kier molecular flexibility index (Phi) is 10.3. The van der Waals surface area contributed by atoms with Crippen LogP contribution in [0.2, 0.25) is 20.1 Å². The summed E-state index contributed by atoms with van der Waals surface area (Å²) in [6, 6.07) is 26.9. The molecule has 0 bridgehead atoms. The van der Waals surface area contributed by atoms with E-state index in [9.17, 15) is 0 Å². The van der Waals surface area contributed by atoms with Gasteiger partial charge in [0.1, 0.15) is 22.3 Å². The minimum Gasteiger partial charge on any atom is -0.376 e. The molecule has 0 radical (unpaired) electrons. The molecule has 3 atom stereocenters. The lowest BCUT2D eigenvalue weighted by Crippen LogP contribution is -2.51. The van der Waals surface area contributed by atoms with Crippen molar-refractivity contribution in [2.45, 2.75) is 83.1 Å². The van der Waals surface area contributed by atoms with Crippen molar-refractivity contribution in [3.8, 4) is 0 Å². The summed E-state index contributed by atoms with van der Waals surface area (Å²) in [5, 5.41) is 2.13. The molecule has 0 saturated carbocycles. The van der Waals surface area contributed by atoms with Crippen LogP contribution >= 0.6 is 69.9 Å². The first-order valence-electron chi connectivity index (χ1n) is 23.0. The van der Waals surface area contributed by atoms with Gasteiger partial charge in [0, 0.05) is 53.8 Å². The van der Waals surface area contributed by atoms with Gasteiger partial charge >= 0.3 is 0 Å². The zero-order valence-electron chi connectivity index (χ0n) is 36.6. The van der Waals surface area contributed by atoms with E-state index in [0.29, 0.717) is 44.5 Å². The Morgan fingerprint density at radius 3 is 1.87 bits per heavy atom. The van der Waals surface area contributed by atoms with Crippen LogP contribution in [-0.4, -0.2) is 73.7 Å². The van der Waals surface area contributed by atoms with E-state index in [-0.39, 0.29) is 17.6 Å². The number of hydrogen-bond acceptors (Lipinski definition) is 10. The molecule has 2 spiro atoms. The highest BCUT2D eigenvalue weighted by Crippen LogP contribution is 2.54. The maximum Gasteiger partial charge on any atom is 0.157 e. The van der Waals surface area contributed by atoms with Crippen molar-refractivity contribution in [2.24, 2.45) is 16.6 Å². The average Bonchev–Trinajstić information content (AvgIpc) is 4.21. The predicted molar refractivity (Wildman–Crippen MR) is 272 cm³/mol. The number of ether oxygens (including phenoxy) is 1. The van der Waals surface area contributed by atoms with Crippen molar-refractivity contribution in [1.29, 1.82) is 0 Å². The number of hydrogen-bond donors (Lipinski definition) is 1. The molecule has 9 heterocycles.